The Labute approximate surface area is 187 Å². The number of hydrogen-bond donors (Lipinski definition) is 1. The third kappa shape index (κ3) is 5.23. The maximum absolute atomic E-state index is 11.0. The number of carboxylic acid groups (broad SMARTS) is 1. The number of aromatic carboxylic acids is 1. The summed E-state index contributed by atoms with van der Waals surface area (Å²) in [5.74, 6) is -0.436. The topological polar surface area (TPSA) is 71.4 Å². The standard InChI is InChI=1S/C24H17N2O4.2CH3/c27-17-30-23-7-5-22(6-8-23)26-15-11-19(12-16-26)18-9-13-25(14-10-18)21-3-1-20(2-4-21)24(28)29;;/h1-17H;2*1H3/q+1;2*-1/p+1. The van der Waals surface area contributed by atoms with Crippen molar-refractivity contribution in [1.82, 2.24) is 0 Å². The van der Waals surface area contributed by atoms with E-state index in [0.29, 0.717) is 12.2 Å². The average molecular weight is 428 g/mol. The second-order valence-corrected chi connectivity index (χ2v) is 6.55. The van der Waals surface area contributed by atoms with E-state index >= 15 is 0 Å². The average Bonchev–Trinajstić information content (AvgIpc) is 2.80. The molecule has 0 radical (unpaired) electrons. The number of pyridine rings is 2. The van der Waals surface area contributed by atoms with Gasteiger partial charge in [0.05, 0.1) is 5.56 Å². The molecule has 0 spiro atoms. The predicted octanol–water partition coefficient (Wildman–Crippen LogP) is 4.04. The van der Waals surface area contributed by atoms with Gasteiger partial charge in [-0.15, -0.1) is 0 Å². The van der Waals surface area contributed by atoms with Gasteiger partial charge < -0.3 is 24.7 Å². The number of aromatic nitrogens is 2. The van der Waals surface area contributed by atoms with Crippen LogP contribution < -0.4 is 13.9 Å². The van der Waals surface area contributed by atoms with Crippen LogP contribution in [0.2, 0.25) is 0 Å². The fourth-order valence-electron chi connectivity index (χ4n) is 3.11. The van der Waals surface area contributed by atoms with Crippen LogP contribution in [0.3, 0.4) is 0 Å². The van der Waals surface area contributed by atoms with Crippen LogP contribution in [0.5, 0.6) is 5.75 Å². The molecule has 0 aliphatic heterocycles. The Kier molecular flexibility index (Phi) is 7.96. The zero-order chi connectivity index (χ0) is 20.9. The number of carbonyl (C=O) groups is 2. The quantitative estimate of drug-likeness (QED) is 0.286. The van der Waals surface area contributed by atoms with Crippen molar-refractivity contribution in [3.63, 3.8) is 0 Å². The first-order chi connectivity index (χ1) is 14.6. The van der Waals surface area contributed by atoms with Gasteiger partial charge in [0.2, 0.25) is 11.4 Å². The van der Waals surface area contributed by atoms with Crippen molar-refractivity contribution >= 4 is 12.4 Å². The van der Waals surface area contributed by atoms with Crippen molar-refractivity contribution < 1.29 is 28.6 Å². The second kappa shape index (κ2) is 10.6. The Morgan fingerprint density at radius 2 is 1.09 bits per heavy atom. The van der Waals surface area contributed by atoms with E-state index in [0.717, 1.165) is 22.5 Å². The summed E-state index contributed by atoms with van der Waals surface area (Å²) >= 11 is 0. The van der Waals surface area contributed by atoms with Gasteiger partial charge in [0.25, 0.3) is 6.47 Å². The molecular weight excluding hydrogens is 404 g/mol. The lowest BCUT2D eigenvalue weighted by atomic mass is 10.1. The van der Waals surface area contributed by atoms with Gasteiger partial charge in [0.1, 0.15) is 5.75 Å². The molecule has 0 atom stereocenters. The van der Waals surface area contributed by atoms with Crippen LogP contribution in [0.1, 0.15) is 10.4 Å². The number of benzene rings is 2. The van der Waals surface area contributed by atoms with Crippen LogP contribution in [-0.2, 0) is 4.79 Å². The molecule has 0 aliphatic carbocycles. The van der Waals surface area contributed by atoms with E-state index in [2.05, 4.69) is 0 Å². The highest BCUT2D eigenvalue weighted by Crippen LogP contribution is 2.17. The first kappa shape index (κ1) is 24.0. The molecule has 0 saturated carbocycles. The minimum absolute atomic E-state index is 0. The zero-order valence-corrected chi connectivity index (χ0v) is 17.9. The molecule has 2 heterocycles. The third-order valence-corrected chi connectivity index (χ3v) is 4.72. The Morgan fingerprint density at radius 1 is 0.688 bits per heavy atom. The van der Waals surface area contributed by atoms with Crippen molar-refractivity contribution in [1.29, 1.82) is 0 Å². The van der Waals surface area contributed by atoms with E-state index in [4.69, 9.17) is 9.84 Å². The number of carboxylic acids is 1. The summed E-state index contributed by atoms with van der Waals surface area (Å²) in [4.78, 5) is 21.4. The molecule has 6 heteroatoms. The monoisotopic (exact) mass is 428 g/mol. The number of hydrogen-bond acceptors (Lipinski definition) is 3. The smallest absolute Gasteiger partial charge is 0.335 e. The van der Waals surface area contributed by atoms with E-state index in [1.807, 2.05) is 70.3 Å². The molecular formula is C26H24N2O4. The Balaban J connectivity index is 0.00000181. The van der Waals surface area contributed by atoms with Crippen molar-refractivity contribution in [3.05, 3.63) is 118 Å². The van der Waals surface area contributed by atoms with Crippen LogP contribution in [0, 0.1) is 14.9 Å². The third-order valence-electron chi connectivity index (χ3n) is 4.72. The molecule has 2 aromatic carbocycles. The predicted molar refractivity (Wildman–Crippen MR) is 121 cm³/mol. The molecule has 0 fully saturated rings. The summed E-state index contributed by atoms with van der Waals surface area (Å²) in [6.07, 6.45) is 7.82. The Hall–Kier alpha value is -4.32. The number of carbonyl (C=O) groups excluding carboxylic acids is 1. The minimum Gasteiger partial charge on any atom is -0.478 e. The molecule has 162 valence electrons. The second-order valence-electron chi connectivity index (χ2n) is 6.55. The van der Waals surface area contributed by atoms with Gasteiger partial charge in [-0.2, -0.15) is 9.13 Å². The molecule has 0 unspecified atom stereocenters. The van der Waals surface area contributed by atoms with Crippen molar-refractivity contribution in [2.75, 3.05) is 0 Å². The fraction of sp³-hybridized carbons (Fsp3) is 0. The van der Waals surface area contributed by atoms with Gasteiger partial charge in [0.15, 0.2) is 24.8 Å². The van der Waals surface area contributed by atoms with Gasteiger partial charge in [-0.3, -0.25) is 4.79 Å². The summed E-state index contributed by atoms with van der Waals surface area (Å²) in [7, 11) is 0. The van der Waals surface area contributed by atoms with E-state index in [1.54, 1.807) is 36.4 Å². The lowest BCUT2D eigenvalue weighted by molar-refractivity contribution is -0.596. The van der Waals surface area contributed by atoms with Crippen LogP contribution in [0.25, 0.3) is 22.5 Å². The van der Waals surface area contributed by atoms with E-state index < -0.39 is 5.97 Å². The summed E-state index contributed by atoms with van der Waals surface area (Å²) in [5.41, 5.74) is 4.24. The van der Waals surface area contributed by atoms with Crippen LogP contribution in [0.15, 0.2) is 97.6 Å². The summed E-state index contributed by atoms with van der Waals surface area (Å²) < 4.78 is 8.72. The van der Waals surface area contributed by atoms with E-state index in [-0.39, 0.29) is 20.4 Å². The summed E-state index contributed by atoms with van der Waals surface area (Å²) in [5, 5.41) is 9.01. The lowest BCUT2D eigenvalue weighted by Crippen LogP contribution is -2.29. The first-order valence-corrected chi connectivity index (χ1v) is 9.21. The molecule has 4 rings (SSSR count). The Bertz CT molecular complexity index is 1170. The number of rotatable bonds is 6. The molecule has 0 amide bonds. The van der Waals surface area contributed by atoms with Gasteiger partial charge in [-0.1, -0.05) is 0 Å². The van der Waals surface area contributed by atoms with Gasteiger partial charge in [-0.05, 0) is 35.4 Å². The summed E-state index contributed by atoms with van der Waals surface area (Å²) in [6.45, 7) is 0.408. The molecule has 6 nitrogen and oxygen atoms in total. The SMILES string of the molecule is O=COc1ccc(-[n+]2ccc(-c3cc[n+](-c4ccc(C(=O)O)cc4)cc3)cc2)cc1.[CH3-].[CH3-]. The Morgan fingerprint density at radius 3 is 1.47 bits per heavy atom. The highest BCUT2D eigenvalue weighted by Gasteiger charge is 2.11. The maximum Gasteiger partial charge on any atom is 0.335 e. The zero-order valence-electron chi connectivity index (χ0n) is 17.9. The highest BCUT2D eigenvalue weighted by molar-refractivity contribution is 5.87. The first-order valence-electron chi connectivity index (χ1n) is 9.21. The lowest BCUT2D eigenvalue weighted by Gasteiger charge is -2.02. The molecule has 1 N–H and O–H groups in total. The molecule has 0 bridgehead atoms. The van der Waals surface area contributed by atoms with Gasteiger partial charge in [-0.25, -0.2) is 4.79 Å². The van der Waals surface area contributed by atoms with E-state index in [9.17, 15) is 9.59 Å². The van der Waals surface area contributed by atoms with Gasteiger partial charge >= 0.3 is 5.97 Å². The minimum atomic E-state index is -0.937. The number of ether oxygens (including phenoxy) is 1. The van der Waals surface area contributed by atoms with E-state index in [1.165, 1.54) is 0 Å². The molecule has 4 aromatic rings. The normalized spacial score (nSPS) is 9.75. The summed E-state index contributed by atoms with van der Waals surface area (Å²) in [6, 6.07) is 22.0. The largest absolute Gasteiger partial charge is 0.478 e. The fourth-order valence-corrected chi connectivity index (χ4v) is 3.11. The highest BCUT2D eigenvalue weighted by atomic mass is 16.5. The van der Waals surface area contributed by atoms with Crippen molar-refractivity contribution in [2.24, 2.45) is 0 Å². The molecule has 0 aliphatic rings. The van der Waals surface area contributed by atoms with Crippen LogP contribution >= 0.6 is 0 Å². The number of nitrogens with zero attached hydrogens (tertiary/aromatic N) is 2. The molecule has 2 aromatic heterocycles. The van der Waals surface area contributed by atoms with Gasteiger partial charge in [0, 0.05) is 48.5 Å². The van der Waals surface area contributed by atoms with Crippen LogP contribution in [-0.4, -0.2) is 17.5 Å². The molecule has 32 heavy (non-hydrogen) atoms. The maximum atomic E-state index is 11.0. The van der Waals surface area contributed by atoms with Crippen molar-refractivity contribution in [3.8, 4) is 28.3 Å². The molecule has 0 saturated heterocycles. The van der Waals surface area contributed by atoms with Crippen molar-refractivity contribution in [2.45, 2.75) is 0 Å². The van der Waals surface area contributed by atoms with Crippen LogP contribution in [0.4, 0.5) is 0 Å².